The number of benzene rings is 1. The number of thiazole rings is 1. The van der Waals surface area contributed by atoms with Crippen LogP contribution in [0, 0.1) is 6.92 Å². The molecule has 1 aromatic carbocycles. The van der Waals surface area contributed by atoms with Crippen LogP contribution in [0.5, 0.6) is 11.5 Å². The average molecular weight is 824 g/mol. The van der Waals surface area contributed by atoms with Gasteiger partial charge in [0.15, 0.2) is 34.3 Å². The molecule has 1 saturated heterocycles. The first-order valence-electron chi connectivity index (χ1n) is 14.2. The van der Waals surface area contributed by atoms with E-state index >= 15 is 0 Å². The van der Waals surface area contributed by atoms with Gasteiger partial charge in [-0.1, -0.05) is 22.6 Å². The molecule has 26 heteroatoms. The van der Waals surface area contributed by atoms with E-state index in [2.05, 4.69) is 30.5 Å². The van der Waals surface area contributed by atoms with Crippen molar-refractivity contribution in [1.82, 2.24) is 34.8 Å². The number of rotatable bonds is 12. The number of nitrogens with zero attached hydrogens (tertiary/aromatic N) is 7. The summed E-state index contributed by atoms with van der Waals surface area (Å²) in [7, 11) is 0. The number of nitrogen functional groups attached to an aromatic ring is 1. The molecule has 0 unspecified atom stereocenters. The van der Waals surface area contributed by atoms with Gasteiger partial charge in [-0.15, -0.1) is 28.6 Å². The number of aromatic carboxylic acids is 1. The van der Waals surface area contributed by atoms with E-state index < -0.39 is 76.0 Å². The van der Waals surface area contributed by atoms with E-state index in [9.17, 15) is 49.5 Å². The Balaban J connectivity index is 0.00000261. The normalized spacial score (nSPS) is 16.9. The molecule has 2 aliphatic rings. The molecule has 4 aromatic rings. The van der Waals surface area contributed by atoms with Crippen LogP contribution in [0.15, 0.2) is 51.9 Å². The number of carboxylic acid groups (broad SMARTS) is 3. The first kappa shape index (κ1) is 45.4. The van der Waals surface area contributed by atoms with E-state index in [1.165, 1.54) is 4.52 Å². The van der Waals surface area contributed by atoms with Crippen LogP contribution in [-0.4, -0.2) is 98.0 Å². The number of aliphatic carboxylic acids is 2. The van der Waals surface area contributed by atoms with Gasteiger partial charge >= 0.3 is 88.7 Å². The zero-order valence-electron chi connectivity index (χ0n) is 28.5. The van der Waals surface area contributed by atoms with Gasteiger partial charge in [-0.05, 0) is 30.7 Å². The van der Waals surface area contributed by atoms with Gasteiger partial charge in [0.2, 0.25) is 0 Å². The Morgan fingerprint density at radius 1 is 1.11 bits per heavy atom. The Morgan fingerprint density at radius 2 is 1.83 bits per heavy atom. The second-order valence-corrected chi connectivity index (χ2v) is 13.8. The number of phenols is 2. The smallest absolute Gasteiger partial charge is 0.546 e. The minimum Gasteiger partial charge on any atom is -0.546 e. The van der Waals surface area contributed by atoms with E-state index in [1.807, 2.05) is 0 Å². The summed E-state index contributed by atoms with van der Waals surface area (Å²) in [5, 5.41) is 64.4. The van der Waals surface area contributed by atoms with Gasteiger partial charge in [0.25, 0.3) is 17.6 Å². The molecular formula is C28H20N9Na3O11S3. The summed E-state index contributed by atoms with van der Waals surface area (Å²) in [6.07, 6.45) is -0.802. The van der Waals surface area contributed by atoms with Crippen LogP contribution < -0.4 is 115 Å². The van der Waals surface area contributed by atoms with Gasteiger partial charge in [-0.2, -0.15) is 9.50 Å². The maximum atomic E-state index is 13.5. The molecule has 0 spiro atoms. The van der Waals surface area contributed by atoms with E-state index in [-0.39, 0.29) is 122 Å². The van der Waals surface area contributed by atoms with Crippen molar-refractivity contribution in [2.24, 2.45) is 5.16 Å². The number of oxime groups is 1. The topological polar surface area (TPSA) is 314 Å². The number of thioether (sulfide) groups is 2. The largest absolute Gasteiger partial charge is 1.00 e. The van der Waals surface area contributed by atoms with Gasteiger partial charge < -0.3 is 55.8 Å². The van der Waals surface area contributed by atoms with Crippen LogP contribution in [0.4, 0.5) is 5.13 Å². The fourth-order valence-electron chi connectivity index (χ4n) is 4.94. The standard InChI is InChI=1S/C28H23N9O11S3.3Na/c1-9-4-15(37-28(31-9)33-20(34-37)26(46)47)49-7-11-8-50-23-17(22(41)36(23)18(11)24(42)43)32-21(40)16(14-6-30-27(29)51-14)35-48-19(25(44)45)10-2-3-12(38)13(39)5-10;;;/h2-6,17,19,23,38-39H,7-8H2,1H3,(H2,29,30)(H,32,40)(H,42,43)(H,44,45)(H,46,47);;;/q;3*+1/p-3/b35-16+;;;/t17-,19+,23-;;;/m1.../s1. The van der Waals surface area contributed by atoms with E-state index in [1.54, 1.807) is 13.0 Å². The quantitative estimate of drug-likeness (QED) is 0.0196. The Labute approximate surface area is 381 Å². The summed E-state index contributed by atoms with van der Waals surface area (Å²) in [4.78, 5) is 80.3. The number of fused-ring (bicyclic) bond motifs is 2. The first-order valence-corrected chi connectivity index (χ1v) is 17.0. The number of aromatic nitrogens is 5. The number of carboxylic acids is 3. The van der Waals surface area contributed by atoms with Gasteiger partial charge in [0, 0.05) is 29.0 Å². The van der Waals surface area contributed by atoms with E-state index in [4.69, 9.17) is 10.6 Å². The third-order valence-corrected chi connectivity index (χ3v) is 10.5. The van der Waals surface area contributed by atoms with Crippen LogP contribution in [0.25, 0.3) is 5.78 Å². The summed E-state index contributed by atoms with van der Waals surface area (Å²) in [5.41, 5.74) is 5.36. The Kier molecular flexibility index (Phi) is 15.8. The number of nitrogens with one attached hydrogen (secondary N) is 1. The van der Waals surface area contributed by atoms with Crippen molar-refractivity contribution in [3.8, 4) is 11.5 Å². The maximum Gasteiger partial charge on any atom is 1.00 e. The zero-order valence-corrected chi connectivity index (χ0v) is 37.0. The van der Waals surface area contributed by atoms with Crippen LogP contribution in [0.3, 0.4) is 0 Å². The van der Waals surface area contributed by atoms with Crippen molar-refractivity contribution < 1.29 is 143 Å². The number of aromatic hydroxyl groups is 2. The van der Waals surface area contributed by atoms with Crippen molar-refractivity contribution in [1.29, 1.82) is 0 Å². The van der Waals surface area contributed by atoms with Crippen molar-refractivity contribution in [2.45, 2.75) is 29.5 Å². The molecule has 264 valence electrons. The predicted molar refractivity (Wildman–Crippen MR) is 169 cm³/mol. The molecule has 0 aliphatic carbocycles. The number of aryl methyl sites for hydroxylation is 1. The van der Waals surface area contributed by atoms with Crippen LogP contribution in [0.1, 0.15) is 32.9 Å². The molecule has 3 atom stereocenters. The number of β-lactam (4-membered cyclic amide) rings is 1. The molecule has 5 N–H and O–H groups in total. The number of carbonyl (C=O) groups is 5. The van der Waals surface area contributed by atoms with Crippen LogP contribution in [-0.2, 0) is 24.0 Å². The number of amides is 2. The number of carbonyl (C=O) groups excluding carboxylic acids is 5. The van der Waals surface area contributed by atoms with Gasteiger partial charge in [-0.25, -0.2) is 9.97 Å². The Morgan fingerprint density at radius 3 is 2.44 bits per heavy atom. The molecule has 0 bridgehead atoms. The molecule has 6 rings (SSSR count). The number of nitrogens with two attached hydrogens (primary N) is 1. The zero-order chi connectivity index (χ0) is 36.7. The second-order valence-electron chi connectivity index (χ2n) is 10.6. The molecule has 54 heavy (non-hydrogen) atoms. The number of phenolic OH excluding ortho intramolecular Hbond substituents is 2. The van der Waals surface area contributed by atoms with E-state index in [0.29, 0.717) is 16.3 Å². The summed E-state index contributed by atoms with van der Waals surface area (Å²) in [6.45, 7) is 1.65. The summed E-state index contributed by atoms with van der Waals surface area (Å²) in [5.74, 6) is -8.56. The minimum atomic E-state index is -1.96. The monoisotopic (exact) mass is 823 g/mol. The molecule has 1 fully saturated rings. The van der Waals surface area contributed by atoms with Gasteiger partial charge in [-0.3, -0.25) is 14.5 Å². The van der Waals surface area contributed by atoms with Crippen molar-refractivity contribution >= 4 is 81.2 Å². The van der Waals surface area contributed by atoms with Crippen LogP contribution >= 0.6 is 34.9 Å². The molecule has 20 nitrogen and oxygen atoms in total. The first-order chi connectivity index (χ1) is 24.2. The average Bonchev–Trinajstić information content (AvgIpc) is 3.71. The maximum absolute atomic E-state index is 13.5. The fourth-order valence-corrected chi connectivity index (χ4v) is 8.14. The Bertz CT molecular complexity index is 2220. The molecule has 3 aromatic heterocycles. The molecule has 5 heterocycles. The van der Waals surface area contributed by atoms with Gasteiger partial charge in [0.1, 0.15) is 22.4 Å². The predicted octanol–water partition coefficient (Wildman–Crippen LogP) is -12.3. The Hall–Kier alpha value is -2.94. The molecule has 0 saturated carbocycles. The second kappa shape index (κ2) is 18.8. The summed E-state index contributed by atoms with van der Waals surface area (Å²) >= 11 is 3.02. The van der Waals surface area contributed by atoms with Crippen molar-refractivity contribution in [3.05, 3.63) is 63.7 Å². The third-order valence-electron chi connectivity index (χ3n) is 7.25. The third kappa shape index (κ3) is 9.35. The van der Waals surface area contributed by atoms with Crippen molar-refractivity contribution in [3.63, 3.8) is 0 Å². The number of hydrogen-bond donors (Lipinski definition) is 4. The van der Waals surface area contributed by atoms with Crippen LogP contribution in [0.2, 0.25) is 0 Å². The van der Waals surface area contributed by atoms with E-state index in [0.717, 1.165) is 64.2 Å². The SMILES string of the molecule is Cc1cc(SCC2=C(C(=O)[O-])N3C(=O)[C@@H](NC(=O)/C(=N/O[C@H](C(=O)[O-])c4ccc(O)c(O)c4)c4cnc(N)s4)[C@H]3SC2)n2nc(C(=O)[O-])nc2n1.[Na+].[Na+].[Na+]. The number of hydrogen-bond acceptors (Lipinski definition) is 20. The molecular weight excluding hydrogens is 804 g/mol. The van der Waals surface area contributed by atoms with Gasteiger partial charge in [0.05, 0.1) is 22.5 Å². The summed E-state index contributed by atoms with van der Waals surface area (Å²) in [6, 6.07) is 3.35. The fraction of sp³-hybridized carbons (Fsp3) is 0.214. The van der Waals surface area contributed by atoms with Crippen molar-refractivity contribution in [2.75, 3.05) is 17.2 Å². The molecule has 2 amide bonds. The summed E-state index contributed by atoms with van der Waals surface area (Å²) < 4.78 is 1.17. The molecule has 0 radical (unpaired) electrons. The minimum absolute atomic E-state index is 0. The molecule has 2 aliphatic heterocycles. The number of anilines is 1.